The lowest BCUT2D eigenvalue weighted by atomic mass is 10.1. The highest BCUT2D eigenvalue weighted by molar-refractivity contribution is 6.04. The molecule has 1 N–H and O–H groups in total. The first-order chi connectivity index (χ1) is 12.1. The smallest absolute Gasteiger partial charge is 0.324 e. The molecule has 0 bridgehead atoms. The molecule has 5 nitrogen and oxygen atoms in total. The maximum atomic E-state index is 12.5. The fourth-order valence-electron chi connectivity index (χ4n) is 3.04. The monoisotopic (exact) mass is 338 g/mol. The van der Waals surface area contributed by atoms with Crippen LogP contribution in [0.15, 0.2) is 48.5 Å². The molecular weight excluding hydrogens is 316 g/mol. The van der Waals surface area contributed by atoms with Crippen LogP contribution in [0.1, 0.15) is 16.7 Å². The average Bonchev–Trinajstić information content (AvgIpc) is 2.85. The quantitative estimate of drug-likeness (QED) is 0.824. The van der Waals surface area contributed by atoms with Crippen LogP contribution in [0.2, 0.25) is 0 Å². The number of amides is 3. The van der Waals surface area contributed by atoms with Gasteiger partial charge in [0.25, 0.3) is 5.91 Å². The third-order valence-corrected chi connectivity index (χ3v) is 4.36. The van der Waals surface area contributed by atoms with Crippen molar-refractivity contribution in [3.8, 4) is 5.75 Å². The van der Waals surface area contributed by atoms with Gasteiger partial charge in [-0.2, -0.15) is 0 Å². The van der Waals surface area contributed by atoms with E-state index >= 15 is 0 Å². The largest absolute Gasteiger partial charge is 0.491 e. The predicted molar refractivity (Wildman–Crippen MR) is 95.6 cm³/mol. The van der Waals surface area contributed by atoms with E-state index in [9.17, 15) is 9.59 Å². The Kier molecular flexibility index (Phi) is 5.03. The van der Waals surface area contributed by atoms with Crippen molar-refractivity contribution in [1.82, 2.24) is 10.2 Å². The Hall–Kier alpha value is -2.82. The van der Waals surface area contributed by atoms with Gasteiger partial charge in [0.05, 0.1) is 6.54 Å². The van der Waals surface area contributed by atoms with Crippen molar-refractivity contribution in [2.75, 3.05) is 13.2 Å². The van der Waals surface area contributed by atoms with Crippen molar-refractivity contribution < 1.29 is 14.3 Å². The molecule has 0 radical (unpaired) electrons. The molecule has 1 heterocycles. The number of carbonyl (C=O) groups is 2. The van der Waals surface area contributed by atoms with Gasteiger partial charge in [0.2, 0.25) is 0 Å². The van der Waals surface area contributed by atoms with E-state index in [-0.39, 0.29) is 25.1 Å². The summed E-state index contributed by atoms with van der Waals surface area (Å²) in [6, 6.07) is 14.8. The number of rotatable bonds is 6. The zero-order valence-corrected chi connectivity index (χ0v) is 14.5. The van der Waals surface area contributed by atoms with Crippen LogP contribution in [0.25, 0.3) is 0 Å². The Bertz CT molecular complexity index is 754. The third kappa shape index (κ3) is 3.82. The Morgan fingerprint density at radius 3 is 2.36 bits per heavy atom. The number of benzene rings is 2. The van der Waals surface area contributed by atoms with Gasteiger partial charge in [-0.05, 0) is 30.5 Å². The SMILES string of the molecule is Cc1cccc(C)c1OCCN1C(=O)N[C@H](Cc2ccccc2)C1=O. The number of hydrogen-bond donors (Lipinski definition) is 1. The Morgan fingerprint density at radius 1 is 1.00 bits per heavy atom. The lowest BCUT2D eigenvalue weighted by Crippen LogP contribution is -2.35. The summed E-state index contributed by atoms with van der Waals surface area (Å²) in [6.45, 7) is 4.48. The minimum Gasteiger partial charge on any atom is -0.491 e. The van der Waals surface area contributed by atoms with Gasteiger partial charge >= 0.3 is 6.03 Å². The first-order valence-electron chi connectivity index (χ1n) is 8.41. The van der Waals surface area contributed by atoms with Crippen LogP contribution in [0, 0.1) is 13.8 Å². The summed E-state index contributed by atoms with van der Waals surface area (Å²) in [7, 11) is 0. The maximum Gasteiger partial charge on any atom is 0.324 e. The molecule has 2 aromatic carbocycles. The van der Waals surface area contributed by atoms with Crippen LogP contribution >= 0.6 is 0 Å². The highest BCUT2D eigenvalue weighted by atomic mass is 16.5. The molecule has 1 fully saturated rings. The number of nitrogens with one attached hydrogen (secondary N) is 1. The number of para-hydroxylation sites is 1. The first-order valence-corrected chi connectivity index (χ1v) is 8.41. The van der Waals surface area contributed by atoms with Crippen molar-refractivity contribution in [3.05, 3.63) is 65.2 Å². The van der Waals surface area contributed by atoms with Crippen molar-refractivity contribution >= 4 is 11.9 Å². The lowest BCUT2D eigenvalue weighted by Gasteiger charge is -2.16. The number of aryl methyl sites for hydroxylation is 2. The van der Waals surface area contributed by atoms with Gasteiger partial charge in [0.1, 0.15) is 18.4 Å². The molecule has 5 heteroatoms. The molecule has 3 amide bonds. The van der Waals surface area contributed by atoms with Crippen LogP contribution < -0.4 is 10.1 Å². The van der Waals surface area contributed by atoms with E-state index in [1.165, 1.54) is 4.90 Å². The summed E-state index contributed by atoms with van der Waals surface area (Å²) < 4.78 is 5.81. The van der Waals surface area contributed by atoms with Crippen molar-refractivity contribution in [1.29, 1.82) is 0 Å². The van der Waals surface area contributed by atoms with E-state index in [4.69, 9.17) is 4.74 Å². The number of imide groups is 1. The van der Waals surface area contributed by atoms with E-state index in [0.29, 0.717) is 6.42 Å². The highest BCUT2D eigenvalue weighted by Gasteiger charge is 2.37. The number of carbonyl (C=O) groups excluding carboxylic acids is 2. The third-order valence-electron chi connectivity index (χ3n) is 4.36. The second-order valence-electron chi connectivity index (χ2n) is 6.25. The van der Waals surface area contributed by atoms with Gasteiger partial charge in [-0.1, -0.05) is 48.5 Å². The molecule has 1 aliphatic heterocycles. The topological polar surface area (TPSA) is 58.6 Å². The fraction of sp³-hybridized carbons (Fsp3) is 0.300. The Morgan fingerprint density at radius 2 is 1.68 bits per heavy atom. The number of hydrogen-bond acceptors (Lipinski definition) is 3. The Balaban J connectivity index is 1.58. The van der Waals surface area contributed by atoms with Crippen LogP contribution in [-0.4, -0.2) is 36.0 Å². The van der Waals surface area contributed by atoms with E-state index in [1.807, 2.05) is 62.4 Å². The maximum absolute atomic E-state index is 12.5. The van der Waals surface area contributed by atoms with Crippen LogP contribution in [0.4, 0.5) is 4.79 Å². The van der Waals surface area contributed by atoms with Gasteiger partial charge < -0.3 is 10.1 Å². The molecule has 0 saturated carbocycles. The molecule has 0 unspecified atom stereocenters. The average molecular weight is 338 g/mol. The molecule has 2 aromatic rings. The minimum absolute atomic E-state index is 0.195. The molecule has 130 valence electrons. The molecule has 1 atom stereocenters. The normalized spacial score (nSPS) is 16.9. The second-order valence-corrected chi connectivity index (χ2v) is 6.25. The first kappa shape index (κ1) is 17.0. The van der Waals surface area contributed by atoms with Crippen LogP contribution in [0.3, 0.4) is 0 Å². The van der Waals surface area contributed by atoms with Crippen molar-refractivity contribution in [2.45, 2.75) is 26.3 Å². The minimum atomic E-state index is -0.505. The fourth-order valence-corrected chi connectivity index (χ4v) is 3.04. The van der Waals surface area contributed by atoms with Gasteiger partial charge in [0, 0.05) is 6.42 Å². The van der Waals surface area contributed by atoms with E-state index in [1.54, 1.807) is 0 Å². The molecule has 0 spiro atoms. The van der Waals surface area contributed by atoms with E-state index in [2.05, 4.69) is 5.32 Å². The van der Waals surface area contributed by atoms with E-state index < -0.39 is 6.04 Å². The molecule has 1 saturated heterocycles. The van der Waals surface area contributed by atoms with Gasteiger partial charge in [-0.3, -0.25) is 9.69 Å². The zero-order chi connectivity index (χ0) is 17.8. The standard InChI is InChI=1S/C20H22N2O3/c1-14-7-6-8-15(2)18(14)25-12-11-22-19(23)17(21-20(22)24)13-16-9-4-3-5-10-16/h3-10,17H,11-13H2,1-2H3,(H,21,24)/t17-/m1/s1. The zero-order valence-electron chi connectivity index (χ0n) is 14.5. The summed E-state index contributed by atoms with van der Waals surface area (Å²) in [4.78, 5) is 25.8. The molecule has 1 aliphatic rings. The molecular formula is C20H22N2O3. The molecule has 0 aliphatic carbocycles. The molecule has 3 rings (SSSR count). The number of nitrogens with zero attached hydrogens (tertiary/aromatic N) is 1. The summed E-state index contributed by atoms with van der Waals surface area (Å²) in [6.07, 6.45) is 0.500. The molecule has 0 aromatic heterocycles. The van der Waals surface area contributed by atoms with Crippen molar-refractivity contribution in [2.24, 2.45) is 0 Å². The number of urea groups is 1. The van der Waals surface area contributed by atoms with Crippen LogP contribution in [-0.2, 0) is 11.2 Å². The van der Waals surface area contributed by atoms with Gasteiger partial charge in [-0.15, -0.1) is 0 Å². The number of ether oxygens (including phenoxy) is 1. The Labute approximate surface area is 147 Å². The summed E-state index contributed by atoms with van der Waals surface area (Å²) >= 11 is 0. The summed E-state index contributed by atoms with van der Waals surface area (Å²) in [5.74, 6) is 0.620. The lowest BCUT2D eigenvalue weighted by molar-refractivity contribution is -0.127. The van der Waals surface area contributed by atoms with Gasteiger partial charge in [0.15, 0.2) is 0 Å². The predicted octanol–water partition coefficient (Wildman–Crippen LogP) is 2.85. The van der Waals surface area contributed by atoms with Crippen molar-refractivity contribution in [3.63, 3.8) is 0 Å². The second kappa shape index (κ2) is 7.38. The van der Waals surface area contributed by atoms with Gasteiger partial charge in [-0.25, -0.2) is 4.79 Å². The highest BCUT2D eigenvalue weighted by Crippen LogP contribution is 2.22. The molecule has 25 heavy (non-hydrogen) atoms. The summed E-state index contributed by atoms with van der Waals surface area (Å²) in [5.41, 5.74) is 3.10. The van der Waals surface area contributed by atoms with E-state index in [0.717, 1.165) is 22.4 Å². The summed E-state index contributed by atoms with van der Waals surface area (Å²) in [5, 5.41) is 2.76. The van der Waals surface area contributed by atoms with Crippen LogP contribution in [0.5, 0.6) is 5.75 Å².